The summed E-state index contributed by atoms with van der Waals surface area (Å²) in [6, 6.07) is 8.09. The number of nitrogens with one attached hydrogen (secondary N) is 1. The lowest BCUT2D eigenvalue weighted by molar-refractivity contribution is 0.198. The van der Waals surface area contributed by atoms with Crippen LogP contribution >= 0.6 is 32.6 Å². The Hall–Kier alpha value is -0.880. The molecule has 1 fully saturated rings. The van der Waals surface area contributed by atoms with Crippen LogP contribution in [0, 0.1) is 0 Å². The second kappa shape index (κ2) is 11.3. The fraction of sp³-hybridized carbons (Fsp3) is 0.600. The number of nitrogens with two attached hydrogens (primary N) is 1. The van der Waals surface area contributed by atoms with E-state index in [-0.39, 0.29) is 0 Å². The van der Waals surface area contributed by atoms with Crippen LogP contribution < -0.4 is 15.8 Å². The molecule has 0 bridgehead atoms. The van der Waals surface area contributed by atoms with Gasteiger partial charge >= 0.3 is 0 Å². The molecule has 0 aromatic heterocycles. The third-order valence-corrected chi connectivity index (χ3v) is 8.19. The number of amidine groups is 1. The summed E-state index contributed by atoms with van der Waals surface area (Å²) in [5.41, 5.74) is 6.95. The third-order valence-electron chi connectivity index (χ3n) is 4.87. The van der Waals surface area contributed by atoms with Gasteiger partial charge in [-0.05, 0) is 70.1 Å². The van der Waals surface area contributed by atoms with E-state index >= 15 is 0 Å². The number of benzene rings is 1. The molecule has 1 aromatic rings. The first-order chi connectivity index (χ1) is 13.3. The highest BCUT2D eigenvalue weighted by Gasteiger charge is 2.41. The molecule has 1 heterocycles. The van der Waals surface area contributed by atoms with Gasteiger partial charge in [-0.2, -0.15) is 4.99 Å². The smallest absolute Gasteiger partial charge is 0.199 e. The summed E-state index contributed by atoms with van der Waals surface area (Å²) in [6.45, 7) is 5.02. The number of anilines is 1. The van der Waals surface area contributed by atoms with Crippen LogP contribution in [-0.2, 0) is 0 Å². The SMILES string of the molecule is CCCCC1(CS/C(N)=N/C(=S)Nc2ccc(OCC(C)N(C)C)cc2)CP1. The van der Waals surface area contributed by atoms with Gasteiger partial charge in [0, 0.05) is 22.6 Å². The standard InChI is InChI=1S/C20H33N4OPS2/c1-5-6-11-20(13-26-20)14-28-18(21)23-19(27)22-16-7-9-17(10-8-16)25-12-15(2)24(3)4/h7-10,15,26H,5-6,11-14H2,1-4H3,(H3,21,22,23,27). The molecule has 0 amide bonds. The summed E-state index contributed by atoms with van der Waals surface area (Å²) in [5.74, 6) is 1.90. The molecule has 3 atom stereocenters. The van der Waals surface area contributed by atoms with E-state index in [1.807, 2.05) is 38.4 Å². The number of thioether (sulfide) groups is 1. The molecule has 3 N–H and O–H groups in total. The molecule has 1 aliphatic rings. The predicted octanol–water partition coefficient (Wildman–Crippen LogP) is 4.38. The van der Waals surface area contributed by atoms with Crippen LogP contribution in [-0.4, -0.2) is 59.0 Å². The van der Waals surface area contributed by atoms with Gasteiger partial charge in [0.05, 0.1) is 0 Å². The van der Waals surface area contributed by atoms with Crippen LogP contribution in [0.1, 0.15) is 33.1 Å². The molecule has 156 valence electrons. The number of nitrogens with zero attached hydrogens (tertiary/aromatic N) is 2. The van der Waals surface area contributed by atoms with Crippen molar-refractivity contribution in [2.75, 3.05) is 37.9 Å². The molecule has 0 aliphatic carbocycles. The number of thiocarbonyl (C=S) groups is 1. The first kappa shape index (κ1) is 23.4. The maximum absolute atomic E-state index is 6.07. The van der Waals surface area contributed by atoms with Crippen molar-refractivity contribution < 1.29 is 4.74 Å². The molecule has 5 nitrogen and oxygen atoms in total. The van der Waals surface area contributed by atoms with Crippen LogP contribution in [0.4, 0.5) is 5.69 Å². The molecule has 28 heavy (non-hydrogen) atoms. The fourth-order valence-electron chi connectivity index (χ4n) is 2.49. The molecule has 3 unspecified atom stereocenters. The zero-order chi connectivity index (χ0) is 20.6. The van der Waals surface area contributed by atoms with Crippen molar-refractivity contribution in [2.24, 2.45) is 10.7 Å². The monoisotopic (exact) mass is 440 g/mol. The van der Waals surface area contributed by atoms with Gasteiger partial charge in [0.2, 0.25) is 0 Å². The van der Waals surface area contributed by atoms with Crippen molar-refractivity contribution in [3.05, 3.63) is 24.3 Å². The largest absolute Gasteiger partial charge is 0.492 e. The molecule has 0 spiro atoms. The van der Waals surface area contributed by atoms with Crippen molar-refractivity contribution in [1.82, 2.24) is 4.90 Å². The van der Waals surface area contributed by atoms with Gasteiger partial charge in [-0.3, -0.25) is 0 Å². The molecule has 0 radical (unpaired) electrons. The molecular weight excluding hydrogens is 407 g/mol. The lowest BCUT2D eigenvalue weighted by Gasteiger charge is -2.20. The molecule has 1 saturated heterocycles. The number of unbranched alkanes of at least 4 members (excludes halogenated alkanes) is 1. The second-order valence-electron chi connectivity index (χ2n) is 7.55. The highest BCUT2D eigenvalue weighted by atomic mass is 32.2. The van der Waals surface area contributed by atoms with Crippen LogP contribution in [0.15, 0.2) is 29.3 Å². The Morgan fingerprint density at radius 1 is 1.43 bits per heavy atom. The maximum Gasteiger partial charge on any atom is 0.199 e. The van der Waals surface area contributed by atoms with E-state index in [0.717, 1.165) is 25.8 Å². The number of aliphatic imine (C=N–C) groups is 1. The van der Waals surface area contributed by atoms with Crippen molar-refractivity contribution in [1.29, 1.82) is 0 Å². The van der Waals surface area contributed by atoms with Gasteiger partial charge < -0.3 is 20.7 Å². The normalized spacial score (nSPS) is 21.0. The van der Waals surface area contributed by atoms with E-state index in [1.54, 1.807) is 11.8 Å². The second-order valence-corrected chi connectivity index (χ2v) is 10.7. The summed E-state index contributed by atoms with van der Waals surface area (Å²) in [6.07, 6.45) is 5.22. The predicted molar refractivity (Wildman–Crippen MR) is 131 cm³/mol. The Labute approximate surface area is 181 Å². The molecule has 2 rings (SSSR count). The Morgan fingerprint density at radius 3 is 2.68 bits per heavy atom. The number of rotatable bonds is 10. The Balaban J connectivity index is 1.76. The minimum atomic E-state index is 0.359. The lowest BCUT2D eigenvalue weighted by Crippen LogP contribution is -2.30. The van der Waals surface area contributed by atoms with Crippen molar-refractivity contribution >= 4 is 48.5 Å². The van der Waals surface area contributed by atoms with Crippen molar-refractivity contribution in [2.45, 2.75) is 44.3 Å². The lowest BCUT2D eigenvalue weighted by atomic mass is 10.1. The Morgan fingerprint density at radius 2 is 2.11 bits per heavy atom. The molecule has 8 heteroatoms. The summed E-state index contributed by atoms with van der Waals surface area (Å²) in [4.78, 5) is 6.46. The number of hydrogen-bond acceptors (Lipinski definition) is 4. The quantitative estimate of drug-likeness (QED) is 0.244. The minimum absolute atomic E-state index is 0.359. The number of hydrogen-bond donors (Lipinski definition) is 2. The zero-order valence-corrected chi connectivity index (χ0v) is 20.0. The van der Waals surface area contributed by atoms with E-state index in [0.29, 0.717) is 28.1 Å². The van der Waals surface area contributed by atoms with E-state index in [2.05, 4.69) is 29.1 Å². The first-order valence-electron chi connectivity index (χ1n) is 9.76. The van der Waals surface area contributed by atoms with E-state index in [1.165, 1.54) is 25.4 Å². The Kier molecular flexibility index (Phi) is 9.48. The molecule has 0 saturated carbocycles. The fourth-order valence-corrected chi connectivity index (χ4v) is 5.30. The highest BCUT2D eigenvalue weighted by molar-refractivity contribution is 8.14. The number of ether oxygens (including phenoxy) is 1. The van der Waals surface area contributed by atoms with Crippen LogP contribution in [0.25, 0.3) is 0 Å². The summed E-state index contributed by atoms with van der Waals surface area (Å²) in [7, 11) is 5.17. The average Bonchev–Trinajstić information content (AvgIpc) is 3.44. The summed E-state index contributed by atoms with van der Waals surface area (Å²) in [5, 5.41) is 4.58. The van der Waals surface area contributed by atoms with E-state index in [9.17, 15) is 0 Å². The van der Waals surface area contributed by atoms with Crippen LogP contribution in [0.5, 0.6) is 5.75 Å². The minimum Gasteiger partial charge on any atom is -0.492 e. The third kappa shape index (κ3) is 8.24. The van der Waals surface area contributed by atoms with E-state index < -0.39 is 0 Å². The highest BCUT2D eigenvalue weighted by Crippen LogP contribution is 2.56. The van der Waals surface area contributed by atoms with Crippen LogP contribution in [0.3, 0.4) is 0 Å². The molecular formula is C20H33N4OPS2. The molecule has 1 aromatic carbocycles. The first-order valence-corrected chi connectivity index (χ1v) is 12.4. The van der Waals surface area contributed by atoms with Crippen molar-refractivity contribution in [3.63, 3.8) is 0 Å². The van der Waals surface area contributed by atoms with E-state index in [4.69, 9.17) is 22.7 Å². The zero-order valence-electron chi connectivity index (χ0n) is 17.3. The van der Waals surface area contributed by atoms with Gasteiger partial charge in [-0.1, -0.05) is 31.5 Å². The van der Waals surface area contributed by atoms with Gasteiger partial charge in [0.25, 0.3) is 0 Å². The van der Waals surface area contributed by atoms with Gasteiger partial charge in [0.15, 0.2) is 10.3 Å². The maximum atomic E-state index is 6.07. The average molecular weight is 441 g/mol. The summed E-state index contributed by atoms with van der Waals surface area (Å²) < 4.78 is 5.80. The number of likely N-dealkylation sites (N-methyl/N-ethyl adjacent to an activating group) is 1. The Bertz CT molecular complexity index is 663. The topological polar surface area (TPSA) is 62.9 Å². The van der Waals surface area contributed by atoms with Gasteiger partial charge in [-0.15, -0.1) is 8.58 Å². The van der Waals surface area contributed by atoms with Crippen LogP contribution in [0.2, 0.25) is 0 Å². The molecule has 1 aliphatic heterocycles. The van der Waals surface area contributed by atoms with Gasteiger partial charge in [-0.25, -0.2) is 0 Å². The van der Waals surface area contributed by atoms with Gasteiger partial charge in [0.1, 0.15) is 12.4 Å². The van der Waals surface area contributed by atoms with Crippen molar-refractivity contribution in [3.8, 4) is 5.75 Å². The summed E-state index contributed by atoms with van der Waals surface area (Å²) >= 11 is 6.96.